The molecule has 6 heteroatoms. The Labute approximate surface area is 120 Å². The molecule has 0 saturated heterocycles. The number of hydrogen-bond acceptors (Lipinski definition) is 3. The van der Waals surface area contributed by atoms with Crippen LogP contribution in [0.2, 0.25) is 5.02 Å². The van der Waals surface area contributed by atoms with Crippen LogP contribution in [0, 0.1) is 5.95 Å². The lowest BCUT2D eigenvalue weighted by Crippen LogP contribution is -2.12. The van der Waals surface area contributed by atoms with Gasteiger partial charge in [0.1, 0.15) is 5.75 Å². The minimum atomic E-state index is -0.634. The van der Waals surface area contributed by atoms with E-state index in [1.165, 1.54) is 12.3 Å². The van der Waals surface area contributed by atoms with Crippen molar-refractivity contribution in [3.63, 3.8) is 0 Å². The summed E-state index contributed by atoms with van der Waals surface area (Å²) in [6.45, 7) is 2.36. The van der Waals surface area contributed by atoms with Gasteiger partial charge in [0, 0.05) is 11.9 Å². The van der Waals surface area contributed by atoms with Crippen LogP contribution < -0.4 is 10.1 Å². The van der Waals surface area contributed by atoms with Crippen LogP contribution in [-0.2, 0) is 0 Å². The Morgan fingerprint density at radius 2 is 2.20 bits per heavy atom. The molecule has 0 fully saturated rings. The van der Waals surface area contributed by atoms with Gasteiger partial charge >= 0.3 is 0 Å². The maximum atomic E-state index is 12.7. The number of benzene rings is 1. The zero-order chi connectivity index (χ0) is 14.5. The van der Waals surface area contributed by atoms with Crippen molar-refractivity contribution < 1.29 is 13.9 Å². The number of amides is 1. The summed E-state index contributed by atoms with van der Waals surface area (Å²) in [5.74, 6) is -0.473. The number of rotatable bonds is 4. The second-order valence-electron chi connectivity index (χ2n) is 3.90. The van der Waals surface area contributed by atoms with Crippen LogP contribution >= 0.6 is 11.6 Å². The predicted molar refractivity (Wildman–Crippen MR) is 74.8 cm³/mol. The molecule has 0 spiro atoms. The van der Waals surface area contributed by atoms with Gasteiger partial charge in [-0.05, 0) is 37.3 Å². The third kappa shape index (κ3) is 3.45. The average molecular weight is 295 g/mol. The Morgan fingerprint density at radius 1 is 1.40 bits per heavy atom. The number of aromatic nitrogens is 1. The topological polar surface area (TPSA) is 51.2 Å². The summed E-state index contributed by atoms with van der Waals surface area (Å²) in [5.41, 5.74) is 0.782. The smallest absolute Gasteiger partial charge is 0.257 e. The number of pyridine rings is 1. The highest BCUT2D eigenvalue weighted by Gasteiger charge is 2.08. The molecule has 1 amide bonds. The van der Waals surface area contributed by atoms with E-state index < -0.39 is 11.9 Å². The number of nitrogens with zero attached hydrogens (tertiary/aromatic N) is 1. The fraction of sp³-hybridized carbons (Fsp3) is 0.143. The third-order valence-electron chi connectivity index (χ3n) is 2.48. The van der Waals surface area contributed by atoms with Gasteiger partial charge in [-0.3, -0.25) is 4.79 Å². The number of ether oxygens (including phenoxy) is 1. The molecule has 0 unspecified atom stereocenters. The summed E-state index contributed by atoms with van der Waals surface area (Å²) >= 11 is 6.02. The van der Waals surface area contributed by atoms with E-state index in [4.69, 9.17) is 16.3 Å². The van der Waals surface area contributed by atoms with Crippen LogP contribution in [-0.4, -0.2) is 17.5 Å². The largest absolute Gasteiger partial charge is 0.492 e. The average Bonchev–Trinajstić information content (AvgIpc) is 2.42. The normalized spacial score (nSPS) is 10.2. The number of carbonyl (C=O) groups excluding carboxylic acids is 1. The quantitative estimate of drug-likeness (QED) is 0.878. The van der Waals surface area contributed by atoms with Gasteiger partial charge in [-0.2, -0.15) is 4.39 Å². The molecular formula is C14H12ClFN2O2. The number of carbonyl (C=O) groups is 1. The maximum absolute atomic E-state index is 12.7. The molecule has 2 rings (SSSR count). The van der Waals surface area contributed by atoms with E-state index in [0.717, 1.165) is 6.07 Å². The molecule has 1 aromatic heterocycles. The summed E-state index contributed by atoms with van der Waals surface area (Å²) in [6, 6.07) is 7.41. The molecule has 2 aromatic rings. The number of anilines is 1. The fourth-order valence-corrected chi connectivity index (χ4v) is 1.80. The van der Waals surface area contributed by atoms with Gasteiger partial charge in [-0.15, -0.1) is 0 Å². The molecule has 0 radical (unpaired) electrons. The molecule has 0 atom stereocenters. The number of nitrogens with one attached hydrogen (secondary N) is 1. The van der Waals surface area contributed by atoms with E-state index in [1.807, 2.05) is 6.92 Å². The maximum Gasteiger partial charge on any atom is 0.257 e. The molecule has 20 heavy (non-hydrogen) atoms. The zero-order valence-corrected chi connectivity index (χ0v) is 11.4. The van der Waals surface area contributed by atoms with Crippen molar-refractivity contribution in [2.45, 2.75) is 6.92 Å². The van der Waals surface area contributed by atoms with Crippen LogP contribution in [0.5, 0.6) is 5.75 Å². The van der Waals surface area contributed by atoms with E-state index in [2.05, 4.69) is 10.3 Å². The van der Waals surface area contributed by atoms with Crippen molar-refractivity contribution in [3.05, 3.63) is 53.1 Å². The summed E-state index contributed by atoms with van der Waals surface area (Å²) in [4.78, 5) is 15.3. The third-order valence-corrected chi connectivity index (χ3v) is 2.77. The number of halogens is 2. The Balaban J connectivity index is 2.11. The molecule has 1 heterocycles. The lowest BCUT2D eigenvalue weighted by molar-refractivity contribution is 0.102. The first-order valence-electron chi connectivity index (χ1n) is 5.95. The SMILES string of the molecule is CCOc1ccc(NC(=O)c2ccc(F)nc2)cc1Cl. The van der Waals surface area contributed by atoms with Gasteiger partial charge in [-0.1, -0.05) is 11.6 Å². The van der Waals surface area contributed by atoms with Gasteiger partial charge in [0.25, 0.3) is 5.91 Å². The van der Waals surface area contributed by atoms with Crippen LogP contribution in [0.4, 0.5) is 10.1 Å². The van der Waals surface area contributed by atoms with Crippen LogP contribution in [0.15, 0.2) is 36.5 Å². The Bertz CT molecular complexity index is 617. The highest BCUT2D eigenvalue weighted by atomic mass is 35.5. The Morgan fingerprint density at radius 3 is 2.80 bits per heavy atom. The number of hydrogen-bond donors (Lipinski definition) is 1. The molecule has 0 bridgehead atoms. The Hall–Kier alpha value is -2.14. The van der Waals surface area contributed by atoms with E-state index in [1.54, 1.807) is 18.2 Å². The van der Waals surface area contributed by atoms with Gasteiger partial charge in [0.2, 0.25) is 5.95 Å². The van der Waals surface area contributed by atoms with Crippen LogP contribution in [0.25, 0.3) is 0 Å². The molecule has 1 aromatic carbocycles. The van der Waals surface area contributed by atoms with Crippen molar-refractivity contribution in [1.29, 1.82) is 0 Å². The predicted octanol–water partition coefficient (Wildman–Crippen LogP) is 3.53. The monoisotopic (exact) mass is 294 g/mol. The van der Waals surface area contributed by atoms with Crippen molar-refractivity contribution in [3.8, 4) is 5.75 Å². The van der Waals surface area contributed by atoms with Gasteiger partial charge in [-0.25, -0.2) is 4.98 Å². The summed E-state index contributed by atoms with van der Waals surface area (Å²) < 4.78 is 18.0. The first kappa shape index (κ1) is 14.3. The molecule has 0 saturated carbocycles. The highest BCUT2D eigenvalue weighted by Crippen LogP contribution is 2.27. The van der Waals surface area contributed by atoms with Gasteiger partial charge in [0.15, 0.2) is 0 Å². The second kappa shape index (κ2) is 6.34. The molecular weight excluding hydrogens is 283 g/mol. The van der Waals surface area contributed by atoms with Crippen LogP contribution in [0.3, 0.4) is 0 Å². The summed E-state index contributed by atoms with van der Waals surface area (Å²) in [6.07, 6.45) is 1.17. The molecule has 4 nitrogen and oxygen atoms in total. The molecule has 0 aliphatic carbocycles. The molecule has 0 aliphatic rings. The zero-order valence-electron chi connectivity index (χ0n) is 10.7. The second-order valence-corrected chi connectivity index (χ2v) is 4.31. The van der Waals surface area contributed by atoms with Gasteiger partial charge < -0.3 is 10.1 Å². The molecule has 0 aliphatic heterocycles. The van der Waals surface area contributed by atoms with Crippen molar-refractivity contribution in [2.75, 3.05) is 11.9 Å². The van der Waals surface area contributed by atoms with Crippen molar-refractivity contribution >= 4 is 23.2 Å². The Kier molecular flexibility index (Phi) is 4.53. The summed E-state index contributed by atoms with van der Waals surface area (Å²) in [7, 11) is 0. The minimum Gasteiger partial charge on any atom is -0.492 e. The van der Waals surface area contributed by atoms with E-state index >= 15 is 0 Å². The van der Waals surface area contributed by atoms with Crippen molar-refractivity contribution in [1.82, 2.24) is 4.98 Å². The van der Waals surface area contributed by atoms with Gasteiger partial charge in [0.05, 0.1) is 17.2 Å². The minimum absolute atomic E-state index is 0.261. The molecule has 1 N–H and O–H groups in total. The van der Waals surface area contributed by atoms with E-state index in [-0.39, 0.29) is 5.56 Å². The van der Waals surface area contributed by atoms with E-state index in [9.17, 15) is 9.18 Å². The first-order chi connectivity index (χ1) is 9.60. The van der Waals surface area contributed by atoms with Crippen molar-refractivity contribution in [2.24, 2.45) is 0 Å². The highest BCUT2D eigenvalue weighted by molar-refractivity contribution is 6.32. The lowest BCUT2D eigenvalue weighted by atomic mass is 10.2. The summed E-state index contributed by atoms with van der Waals surface area (Å²) in [5, 5.41) is 3.05. The lowest BCUT2D eigenvalue weighted by Gasteiger charge is -2.09. The first-order valence-corrected chi connectivity index (χ1v) is 6.33. The molecule has 104 valence electrons. The fourth-order valence-electron chi connectivity index (χ4n) is 1.56. The standard InChI is InChI=1S/C14H12ClFN2O2/c1-2-20-12-5-4-10(7-11(12)15)18-14(19)9-3-6-13(16)17-8-9/h3-8H,2H2,1H3,(H,18,19). The van der Waals surface area contributed by atoms with E-state index in [0.29, 0.717) is 23.1 Å². The van der Waals surface area contributed by atoms with Crippen LogP contribution in [0.1, 0.15) is 17.3 Å².